The van der Waals surface area contributed by atoms with Crippen LogP contribution in [-0.4, -0.2) is 46.9 Å². The number of carbonyl (C=O) groups is 1. The zero-order chi connectivity index (χ0) is 13.8. The molecule has 1 saturated heterocycles. The molecule has 0 saturated carbocycles. The molecule has 0 N–H and O–H groups in total. The van der Waals surface area contributed by atoms with Gasteiger partial charge < -0.3 is 9.32 Å². The summed E-state index contributed by atoms with van der Waals surface area (Å²) in [5.74, 6) is 1.03. The standard InChI is InChI=1S/C15H17N3O2/c19-15(13-3-1-5-16-11-13)18-8-6-17(7-9-18)12-14-4-2-10-20-14/h1-5,10-11H,6-9,12H2. The highest BCUT2D eigenvalue weighted by Gasteiger charge is 2.22. The molecule has 0 spiro atoms. The number of pyridine rings is 1. The third-order valence-corrected chi connectivity index (χ3v) is 3.53. The molecule has 1 fully saturated rings. The monoisotopic (exact) mass is 271 g/mol. The number of furan rings is 1. The van der Waals surface area contributed by atoms with Gasteiger partial charge in [0.25, 0.3) is 5.91 Å². The first kappa shape index (κ1) is 12.9. The van der Waals surface area contributed by atoms with E-state index in [0.717, 1.165) is 38.5 Å². The molecule has 5 heteroatoms. The molecule has 1 aliphatic rings. The van der Waals surface area contributed by atoms with Gasteiger partial charge in [0.2, 0.25) is 0 Å². The van der Waals surface area contributed by atoms with Crippen LogP contribution in [0, 0.1) is 0 Å². The number of rotatable bonds is 3. The Labute approximate surface area is 117 Å². The number of nitrogens with zero attached hydrogens (tertiary/aromatic N) is 3. The molecule has 1 aliphatic heterocycles. The van der Waals surface area contributed by atoms with E-state index in [1.165, 1.54) is 0 Å². The van der Waals surface area contributed by atoms with Gasteiger partial charge >= 0.3 is 0 Å². The summed E-state index contributed by atoms with van der Waals surface area (Å²) in [6, 6.07) is 7.48. The molecule has 0 unspecified atom stereocenters. The minimum absolute atomic E-state index is 0.0655. The first-order valence-corrected chi connectivity index (χ1v) is 6.77. The minimum atomic E-state index is 0.0655. The van der Waals surface area contributed by atoms with Gasteiger partial charge in [-0.1, -0.05) is 0 Å². The van der Waals surface area contributed by atoms with Crippen molar-refractivity contribution in [3.63, 3.8) is 0 Å². The third kappa shape index (κ3) is 2.88. The quantitative estimate of drug-likeness (QED) is 0.851. The van der Waals surface area contributed by atoms with Gasteiger partial charge in [0, 0.05) is 38.6 Å². The molecule has 2 aromatic rings. The fourth-order valence-electron chi connectivity index (χ4n) is 2.40. The molecule has 2 aromatic heterocycles. The normalized spacial score (nSPS) is 16.3. The van der Waals surface area contributed by atoms with Crippen molar-refractivity contribution in [3.8, 4) is 0 Å². The Morgan fingerprint density at radius 3 is 2.70 bits per heavy atom. The molecular formula is C15H17N3O2. The Morgan fingerprint density at radius 2 is 2.05 bits per heavy atom. The van der Waals surface area contributed by atoms with Crippen molar-refractivity contribution in [1.29, 1.82) is 0 Å². The van der Waals surface area contributed by atoms with E-state index < -0.39 is 0 Å². The zero-order valence-corrected chi connectivity index (χ0v) is 11.2. The smallest absolute Gasteiger partial charge is 0.255 e. The third-order valence-electron chi connectivity index (χ3n) is 3.53. The molecule has 3 rings (SSSR count). The average molecular weight is 271 g/mol. The van der Waals surface area contributed by atoms with Gasteiger partial charge in [-0.15, -0.1) is 0 Å². The van der Waals surface area contributed by atoms with E-state index in [4.69, 9.17) is 4.42 Å². The van der Waals surface area contributed by atoms with Gasteiger partial charge in [-0.25, -0.2) is 0 Å². The number of hydrogen-bond acceptors (Lipinski definition) is 4. The largest absolute Gasteiger partial charge is 0.468 e. The SMILES string of the molecule is O=C(c1cccnc1)N1CCN(Cc2ccco2)CC1. The van der Waals surface area contributed by atoms with Crippen LogP contribution in [0.25, 0.3) is 0 Å². The Hall–Kier alpha value is -2.14. The molecule has 0 radical (unpaired) electrons. The Kier molecular flexibility index (Phi) is 3.78. The number of carbonyl (C=O) groups excluding carboxylic acids is 1. The fourth-order valence-corrected chi connectivity index (χ4v) is 2.40. The summed E-state index contributed by atoms with van der Waals surface area (Å²) in [5.41, 5.74) is 0.659. The Morgan fingerprint density at radius 1 is 1.20 bits per heavy atom. The van der Waals surface area contributed by atoms with E-state index >= 15 is 0 Å². The second kappa shape index (κ2) is 5.88. The van der Waals surface area contributed by atoms with E-state index in [-0.39, 0.29) is 5.91 Å². The summed E-state index contributed by atoms with van der Waals surface area (Å²) in [4.78, 5) is 20.4. The lowest BCUT2D eigenvalue weighted by Crippen LogP contribution is -2.48. The summed E-state index contributed by atoms with van der Waals surface area (Å²) in [5, 5.41) is 0. The molecule has 0 atom stereocenters. The lowest BCUT2D eigenvalue weighted by molar-refractivity contribution is 0.0620. The fraction of sp³-hybridized carbons (Fsp3) is 0.333. The van der Waals surface area contributed by atoms with Crippen molar-refractivity contribution in [3.05, 3.63) is 54.2 Å². The molecule has 0 aromatic carbocycles. The summed E-state index contributed by atoms with van der Waals surface area (Å²) in [7, 11) is 0. The van der Waals surface area contributed by atoms with Gasteiger partial charge in [-0.3, -0.25) is 14.7 Å². The number of hydrogen-bond donors (Lipinski definition) is 0. The predicted octanol–water partition coefficient (Wildman–Crippen LogP) is 1.63. The lowest BCUT2D eigenvalue weighted by Gasteiger charge is -2.34. The second-order valence-corrected chi connectivity index (χ2v) is 4.89. The summed E-state index contributed by atoms with van der Waals surface area (Å²) in [6.45, 7) is 4.03. The summed E-state index contributed by atoms with van der Waals surface area (Å²) >= 11 is 0. The van der Waals surface area contributed by atoms with Crippen molar-refractivity contribution in [1.82, 2.24) is 14.8 Å². The zero-order valence-electron chi connectivity index (χ0n) is 11.2. The minimum Gasteiger partial charge on any atom is -0.468 e. The van der Waals surface area contributed by atoms with Crippen LogP contribution in [0.15, 0.2) is 47.3 Å². The molecule has 0 bridgehead atoms. The summed E-state index contributed by atoms with van der Waals surface area (Å²) in [6.07, 6.45) is 4.99. The maximum Gasteiger partial charge on any atom is 0.255 e. The topological polar surface area (TPSA) is 49.6 Å². The second-order valence-electron chi connectivity index (χ2n) is 4.89. The van der Waals surface area contributed by atoms with Crippen LogP contribution in [0.1, 0.15) is 16.1 Å². The number of amides is 1. The molecule has 1 amide bonds. The molecule has 0 aliphatic carbocycles. The van der Waals surface area contributed by atoms with Crippen LogP contribution < -0.4 is 0 Å². The van der Waals surface area contributed by atoms with Gasteiger partial charge in [0.1, 0.15) is 5.76 Å². The van der Waals surface area contributed by atoms with E-state index in [2.05, 4.69) is 9.88 Å². The van der Waals surface area contributed by atoms with Crippen LogP contribution >= 0.6 is 0 Å². The predicted molar refractivity (Wildman–Crippen MR) is 74.1 cm³/mol. The van der Waals surface area contributed by atoms with E-state index in [9.17, 15) is 4.79 Å². The molecule has 5 nitrogen and oxygen atoms in total. The maximum atomic E-state index is 12.3. The molecule has 20 heavy (non-hydrogen) atoms. The van der Waals surface area contributed by atoms with Crippen molar-refractivity contribution in [2.24, 2.45) is 0 Å². The Bertz CT molecular complexity index is 546. The highest BCUT2D eigenvalue weighted by Crippen LogP contribution is 2.11. The Balaban J connectivity index is 1.55. The molecular weight excluding hydrogens is 254 g/mol. The first-order valence-electron chi connectivity index (χ1n) is 6.77. The first-order chi connectivity index (χ1) is 9.83. The van der Waals surface area contributed by atoms with E-state index in [0.29, 0.717) is 5.56 Å². The highest BCUT2D eigenvalue weighted by atomic mass is 16.3. The van der Waals surface area contributed by atoms with Crippen LogP contribution in [-0.2, 0) is 6.54 Å². The maximum absolute atomic E-state index is 12.3. The van der Waals surface area contributed by atoms with Crippen LogP contribution in [0.3, 0.4) is 0 Å². The van der Waals surface area contributed by atoms with Crippen LogP contribution in [0.5, 0.6) is 0 Å². The van der Waals surface area contributed by atoms with Crippen molar-refractivity contribution < 1.29 is 9.21 Å². The highest BCUT2D eigenvalue weighted by molar-refractivity contribution is 5.93. The summed E-state index contributed by atoms with van der Waals surface area (Å²) < 4.78 is 5.35. The van der Waals surface area contributed by atoms with Crippen LogP contribution in [0.4, 0.5) is 0 Å². The van der Waals surface area contributed by atoms with Crippen molar-refractivity contribution in [2.75, 3.05) is 26.2 Å². The lowest BCUT2D eigenvalue weighted by atomic mass is 10.2. The number of piperazine rings is 1. The van der Waals surface area contributed by atoms with Gasteiger partial charge in [-0.05, 0) is 24.3 Å². The number of aromatic nitrogens is 1. The van der Waals surface area contributed by atoms with Gasteiger partial charge in [0.05, 0.1) is 18.4 Å². The van der Waals surface area contributed by atoms with Crippen molar-refractivity contribution in [2.45, 2.75) is 6.54 Å². The van der Waals surface area contributed by atoms with Crippen LogP contribution in [0.2, 0.25) is 0 Å². The van der Waals surface area contributed by atoms with Gasteiger partial charge in [-0.2, -0.15) is 0 Å². The van der Waals surface area contributed by atoms with Gasteiger partial charge in [0.15, 0.2) is 0 Å². The van der Waals surface area contributed by atoms with E-state index in [1.807, 2.05) is 23.1 Å². The van der Waals surface area contributed by atoms with E-state index in [1.54, 1.807) is 24.7 Å². The molecule has 3 heterocycles. The van der Waals surface area contributed by atoms with Crippen molar-refractivity contribution >= 4 is 5.91 Å². The average Bonchev–Trinajstić information content (AvgIpc) is 3.01. The molecule has 104 valence electrons.